The molecular formula is C10H16N2OS. The first-order valence-electron chi connectivity index (χ1n) is 4.87. The van der Waals surface area contributed by atoms with Crippen LogP contribution in [0.2, 0.25) is 0 Å². The predicted molar refractivity (Wildman–Crippen MR) is 60.6 cm³/mol. The summed E-state index contributed by atoms with van der Waals surface area (Å²) in [6, 6.07) is 1.76. The summed E-state index contributed by atoms with van der Waals surface area (Å²) in [5, 5.41) is 4.68. The Hall–Kier alpha value is -1.03. The lowest BCUT2D eigenvalue weighted by Gasteiger charge is -2.03. The molecular weight excluding hydrogens is 196 g/mol. The molecule has 1 aromatic rings. The highest BCUT2D eigenvalue weighted by molar-refractivity contribution is 7.12. The Balaban J connectivity index is 2.32. The van der Waals surface area contributed by atoms with Crippen LogP contribution in [0.4, 0.5) is 5.69 Å². The molecule has 1 rings (SSSR count). The van der Waals surface area contributed by atoms with Crippen molar-refractivity contribution in [2.45, 2.75) is 26.2 Å². The SMILES string of the molecule is CCCCCNC(=O)c1sccc1N. The van der Waals surface area contributed by atoms with Gasteiger partial charge in [-0.2, -0.15) is 0 Å². The fourth-order valence-electron chi connectivity index (χ4n) is 1.16. The van der Waals surface area contributed by atoms with Gasteiger partial charge in [-0.05, 0) is 17.9 Å². The molecule has 0 saturated carbocycles. The molecule has 4 heteroatoms. The highest BCUT2D eigenvalue weighted by Gasteiger charge is 2.09. The Kier molecular flexibility index (Phi) is 4.46. The molecule has 14 heavy (non-hydrogen) atoms. The average molecular weight is 212 g/mol. The van der Waals surface area contributed by atoms with Crippen molar-refractivity contribution in [3.63, 3.8) is 0 Å². The molecule has 0 saturated heterocycles. The van der Waals surface area contributed by atoms with Gasteiger partial charge in [-0.1, -0.05) is 19.8 Å². The molecule has 0 atom stereocenters. The van der Waals surface area contributed by atoms with Crippen LogP contribution in [-0.2, 0) is 0 Å². The van der Waals surface area contributed by atoms with Gasteiger partial charge in [-0.15, -0.1) is 11.3 Å². The van der Waals surface area contributed by atoms with E-state index in [0.717, 1.165) is 25.8 Å². The topological polar surface area (TPSA) is 55.1 Å². The third-order valence-corrected chi connectivity index (χ3v) is 2.90. The van der Waals surface area contributed by atoms with Crippen LogP contribution in [0.15, 0.2) is 11.4 Å². The highest BCUT2D eigenvalue weighted by atomic mass is 32.1. The molecule has 0 radical (unpaired) electrons. The lowest BCUT2D eigenvalue weighted by Crippen LogP contribution is -2.24. The van der Waals surface area contributed by atoms with E-state index in [0.29, 0.717) is 10.6 Å². The van der Waals surface area contributed by atoms with Crippen LogP contribution >= 0.6 is 11.3 Å². The number of hydrogen-bond acceptors (Lipinski definition) is 3. The van der Waals surface area contributed by atoms with E-state index in [-0.39, 0.29) is 5.91 Å². The number of unbranched alkanes of at least 4 members (excludes halogenated alkanes) is 2. The summed E-state index contributed by atoms with van der Waals surface area (Å²) in [6.45, 7) is 2.88. The second kappa shape index (κ2) is 5.65. The fourth-order valence-corrected chi connectivity index (χ4v) is 1.89. The second-order valence-electron chi connectivity index (χ2n) is 3.17. The minimum atomic E-state index is -0.0476. The molecule has 3 nitrogen and oxygen atoms in total. The average Bonchev–Trinajstić information content (AvgIpc) is 2.59. The van der Waals surface area contributed by atoms with Crippen molar-refractivity contribution in [1.29, 1.82) is 0 Å². The van der Waals surface area contributed by atoms with Crippen molar-refractivity contribution in [3.8, 4) is 0 Å². The van der Waals surface area contributed by atoms with Crippen LogP contribution in [0.1, 0.15) is 35.9 Å². The van der Waals surface area contributed by atoms with Crippen molar-refractivity contribution in [1.82, 2.24) is 5.32 Å². The molecule has 1 heterocycles. The van der Waals surface area contributed by atoms with Gasteiger partial charge in [-0.3, -0.25) is 4.79 Å². The summed E-state index contributed by atoms with van der Waals surface area (Å²) in [4.78, 5) is 12.1. The molecule has 0 aromatic carbocycles. The maximum atomic E-state index is 11.5. The number of nitrogens with one attached hydrogen (secondary N) is 1. The Morgan fingerprint density at radius 3 is 2.93 bits per heavy atom. The summed E-state index contributed by atoms with van der Waals surface area (Å²) >= 11 is 1.38. The van der Waals surface area contributed by atoms with Gasteiger partial charge in [-0.25, -0.2) is 0 Å². The number of nitrogens with two attached hydrogens (primary N) is 1. The molecule has 1 aromatic heterocycles. The van der Waals surface area contributed by atoms with Gasteiger partial charge in [0.2, 0.25) is 0 Å². The normalized spacial score (nSPS) is 10.1. The van der Waals surface area contributed by atoms with Crippen LogP contribution in [-0.4, -0.2) is 12.5 Å². The van der Waals surface area contributed by atoms with Crippen LogP contribution in [0, 0.1) is 0 Å². The van der Waals surface area contributed by atoms with Gasteiger partial charge in [0.25, 0.3) is 5.91 Å². The molecule has 78 valence electrons. The minimum absolute atomic E-state index is 0.0476. The highest BCUT2D eigenvalue weighted by Crippen LogP contribution is 2.18. The van der Waals surface area contributed by atoms with Gasteiger partial charge in [0, 0.05) is 6.54 Å². The van der Waals surface area contributed by atoms with E-state index >= 15 is 0 Å². The largest absolute Gasteiger partial charge is 0.397 e. The molecule has 0 fully saturated rings. The zero-order valence-corrected chi connectivity index (χ0v) is 9.19. The van der Waals surface area contributed by atoms with E-state index in [1.807, 2.05) is 5.38 Å². The fraction of sp³-hybridized carbons (Fsp3) is 0.500. The summed E-state index contributed by atoms with van der Waals surface area (Å²) in [6.07, 6.45) is 3.35. The van der Waals surface area contributed by atoms with Gasteiger partial charge >= 0.3 is 0 Å². The van der Waals surface area contributed by atoms with E-state index < -0.39 is 0 Å². The number of rotatable bonds is 5. The van der Waals surface area contributed by atoms with Crippen molar-refractivity contribution in [3.05, 3.63) is 16.3 Å². The van der Waals surface area contributed by atoms with Crippen molar-refractivity contribution in [2.75, 3.05) is 12.3 Å². The number of hydrogen-bond donors (Lipinski definition) is 2. The molecule has 0 aliphatic heterocycles. The van der Waals surface area contributed by atoms with Crippen LogP contribution in [0.3, 0.4) is 0 Å². The van der Waals surface area contributed by atoms with E-state index in [1.165, 1.54) is 11.3 Å². The summed E-state index contributed by atoms with van der Waals surface area (Å²) in [5.74, 6) is -0.0476. The van der Waals surface area contributed by atoms with E-state index in [4.69, 9.17) is 5.73 Å². The zero-order valence-electron chi connectivity index (χ0n) is 8.38. The van der Waals surface area contributed by atoms with Gasteiger partial charge in [0.05, 0.1) is 5.69 Å². The Morgan fingerprint density at radius 1 is 1.57 bits per heavy atom. The Labute approximate surface area is 88.3 Å². The van der Waals surface area contributed by atoms with E-state index in [9.17, 15) is 4.79 Å². The minimum Gasteiger partial charge on any atom is -0.397 e. The predicted octanol–water partition coefficient (Wildman–Crippen LogP) is 2.25. The van der Waals surface area contributed by atoms with Gasteiger partial charge in [0.15, 0.2) is 0 Å². The lowest BCUT2D eigenvalue weighted by molar-refractivity contribution is 0.0958. The van der Waals surface area contributed by atoms with Crippen molar-refractivity contribution in [2.24, 2.45) is 0 Å². The van der Waals surface area contributed by atoms with Crippen LogP contribution in [0.25, 0.3) is 0 Å². The maximum Gasteiger partial charge on any atom is 0.263 e. The molecule has 0 spiro atoms. The zero-order chi connectivity index (χ0) is 10.4. The molecule has 0 unspecified atom stereocenters. The van der Waals surface area contributed by atoms with Crippen molar-refractivity contribution >= 4 is 22.9 Å². The van der Waals surface area contributed by atoms with Gasteiger partial charge in [0.1, 0.15) is 4.88 Å². The van der Waals surface area contributed by atoms with Crippen molar-refractivity contribution < 1.29 is 4.79 Å². The van der Waals surface area contributed by atoms with Gasteiger partial charge < -0.3 is 11.1 Å². The smallest absolute Gasteiger partial charge is 0.263 e. The third-order valence-electron chi connectivity index (χ3n) is 1.97. The number of carbonyl (C=O) groups excluding carboxylic acids is 1. The van der Waals surface area contributed by atoms with E-state index in [2.05, 4.69) is 12.2 Å². The standard InChI is InChI=1S/C10H16N2OS/c1-2-3-4-6-12-10(13)9-8(11)5-7-14-9/h5,7H,2-4,6,11H2,1H3,(H,12,13). The van der Waals surface area contributed by atoms with E-state index in [1.54, 1.807) is 6.07 Å². The molecule has 1 amide bonds. The number of thiophene rings is 1. The second-order valence-corrected chi connectivity index (χ2v) is 4.08. The Bertz CT molecular complexity index is 296. The summed E-state index contributed by atoms with van der Waals surface area (Å²) in [5.41, 5.74) is 6.19. The van der Waals surface area contributed by atoms with Crippen LogP contribution in [0.5, 0.6) is 0 Å². The Morgan fingerprint density at radius 2 is 2.36 bits per heavy atom. The first-order valence-corrected chi connectivity index (χ1v) is 5.74. The molecule has 0 aliphatic carbocycles. The first-order chi connectivity index (χ1) is 6.75. The first kappa shape index (κ1) is 11.0. The lowest BCUT2D eigenvalue weighted by atomic mass is 10.2. The number of anilines is 1. The molecule has 3 N–H and O–H groups in total. The molecule has 0 aliphatic rings. The summed E-state index contributed by atoms with van der Waals surface area (Å²) in [7, 11) is 0. The summed E-state index contributed by atoms with van der Waals surface area (Å²) < 4.78 is 0. The van der Waals surface area contributed by atoms with Crippen LogP contribution < -0.4 is 11.1 Å². The maximum absolute atomic E-state index is 11.5. The number of nitrogen functional groups attached to an aromatic ring is 1. The number of amides is 1. The monoisotopic (exact) mass is 212 g/mol. The quantitative estimate of drug-likeness (QED) is 0.735. The molecule has 0 bridgehead atoms. The third kappa shape index (κ3) is 3.03. The number of carbonyl (C=O) groups is 1.